The summed E-state index contributed by atoms with van der Waals surface area (Å²) < 4.78 is 20.4. The molecule has 0 fully saturated rings. The highest BCUT2D eigenvalue weighted by molar-refractivity contribution is 5.91. The predicted molar refractivity (Wildman–Crippen MR) is 135 cm³/mol. The zero-order valence-electron chi connectivity index (χ0n) is 21.1. The zero-order chi connectivity index (χ0) is 26.2. The Hall–Kier alpha value is -3.67. The Morgan fingerprint density at radius 2 is 2.08 bits per heavy atom. The Balaban J connectivity index is 1.56. The van der Waals surface area contributed by atoms with E-state index < -0.39 is 12.2 Å². The maximum Gasteiger partial charge on any atom is 0.286 e. The second-order valence-electron chi connectivity index (χ2n) is 8.69. The van der Waals surface area contributed by atoms with E-state index in [1.54, 1.807) is 23.3 Å². The van der Waals surface area contributed by atoms with Gasteiger partial charge in [-0.2, -0.15) is 0 Å². The Kier molecular flexibility index (Phi) is 8.94. The second kappa shape index (κ2) is 12.5. The number of carbonyl (C=O) groups excluding carboxylic acids is 1. The first-order valence-corrected chi connectivity index (χ1v) is 12.3. The number of carbonyl (C=O) groups is 1. The number of aromatic nitrogens is 4. The second-order valence-corrected chi connectivity index (χ2v) is 8.69. The van der Waals surface area contributed by atoms with Crippen molar-refractivity contribution in [3.05, 3.63) is 82.0 Å². The highest BCUT2D eigenvalue weighted by Crippen LogP contribution is 2.32. The number of hydrogen-bond acceptors (Lipinski definition) is 7. The summed E-state index contributed by atoms with van der Waals surface area (Å²) in [6, 6.07) is 9.41. The van der Waals surface area contributed by atoms with Crippen LogP contribution in [0, 0.1) is 6.92 Å². The molecule has 0 saturated heterocycles. The first kappa shape index (κ1) is 26.4. The molecule has 3 heterocycles. The Morgan fingerprint density at radius 3 is 2.81 bits per heavy atom. The van der Waals surface area contributed by atoms with Crippen LogP contribution in [0.15, 0.2) is 59.5 Å². The first-order valence-electron chi connectivity index (χ1n) is 12.3. The van der Waals surface area contributed by atoms with Crippen molar-refractivity contribution < 1.29 is 24.1 Å². The quantitative estimate of drug-likeness (QED) is 0.312. The van der Waals surface area contributed by atoms with Crippen LogP contribution in [0.25, 0.3) is 5.69 Å². The molecule has 0 unspecified atom stereocenters. The van der Waals surface area contributed by atoms with Gasteiger partial charge in [0.15, 0.2) is 5.76 Å². The molecule has 37 heavy (non-hydrogen) atoms. The largest absolute Gasteiger partial charge is 0.459 e. The first-order chi connectivity index (χ1) is 18.0. The minimum atomic E-state index is -0.745. The smallest absolute Gasteiger partial charge is 0.286 e. The van der Waals surface area contributed by atoms with Crippen molar-refractivity contribution in [1.29, 1.82) is 0 Å². The molecule has 1 amide bonds. The van der Waals surface area contributed by atoms with E-state index in [9.17, 15) is 9.59 Å². The van der Waals surface area contributed by atoms with E-state index in [0.717, 1.165) is 17.1 Å². The fourth-order valence-electron chi connectivity index (χ4n) is 4.36. The Labute approximate surface area is 214 Å². The van der Waals surface area contributed by atoms with Gasteiger partial charge in [0.2, 0.25) is 6.29 Å². The number of aliphatic hydroxyl groups excluding tert-OH is 1. The SMILES string of the molecule is Cc1c([C@H]2C=C(C(=O)NCCc3cnc[nH]3)O[C@@H](OCCOCCO)C2)c(=O)n(-c2ccccc2)n1C. The van der Waals surface area contributed by atoms with Crippen molar-refractivity contribution in [3.63, 3.8) is 0 Å². The van der Waals surface area contributed by atoms with E-state index in [4.69, 9.17) is 19.3 Å². The van der Waals surface area contributed by atoms with Gasteiger partial charge in [-0.15, -0.1) is 0 Å². The molecule has 2 atom stereocenters. The topological polar surface area (TPSA) is 133 Å². The summed E-state index contributed by atoms with van der Waals surface area (Å²) in [6.45, 7) is 2.90. The molecule has 3 aromatic rings. The van der Waals surface area contributed by atoms with Crippen LogP contribution in [0.2, 0.25) is 0 Å². The number of ether oxygens (including phenoxy) is 3. The normalized spacial score (nSPS) is 17.3. The highest BCUT2D eigenvalue weighted by atomic mass is 16.7. The van der Waals surface area contributed by atoms with Crippen LogP contribution in [-0.4, -0.2) is 69.6 Å². The number of hydrogen-bond donors (Lipinski definition) is 3. The lowest BCUT2D eigenvalue weighted by molar-refractivity contribution is -0.151. The Bertz CT molecular complexity index is 1250. The van der Waals surface area contributed by atoms with Gasteiger partial charge in [-0.1, -0.05) is 18.2 Å². The molecule has 0 spiro atoms. The van der Waals surface area contributed by atoms with E-state index in [2.05, 4.69) is 15.3 Å². The van der Waals surface area contributed by atoms with Gasteiger partial charge in [0.1, 0.15) is 0 Å². The molecule has 0 radical (unpaired) electrons. The molecule has 0 saturated carbocycles. The number of imidazole rings is 1. The van der Waals surface area contributed by atoms with Crippen molar-refractivity contribution in [3.8, 4) is 5.69 Å². The van der Waals surface area contributed by atoms with Crippen LogP contribution < -0.4 is 10.9 Å². The number of rotatable bonds is 12. The van der Waals surface area contributed by atoms with E-state index in [1.807, 2.05) is 49.0 Å². The summed E-state index contributed by atoms with van der Waals surface area (Å²) in [5.41, 5.74) is 2.88. The molecule has 11 heteroatoms. The number of benzene rings is 1. The number of para-hydroxylation sites is 1. The molecule has 0 aliphatic carbocycles. The summed E-state index contributed by atoms with van der Waals surface area (Å²) in [6.07, 6.45) is 5.20. The number of allylic oxidation sites excluding steroid dienone is 1. The molecular weight excluding hydrogens is 478 g/mol. The Morgan fingerprint density at radius 1 is 1.27 bits per heavy atom. The number of H-pyrrole nitrogens is 1. The van der Waals surface area contributed by atoms with Crippen LogP contribution in [0.3, 0.4) is 0 Å². The summed E-state index contributed by atoms with van der Waals surface area (Å²) in [5.74, 6) is -0.670. The number of amides is 1. The highest BCUT2D eigenvalue weighted by Gasteiger charge is 2.33. The standard InChI is InChI=1S/C26H33N5O6/c1-18-24(26(34)31(30(18)2)21-6-4-3-5-7-21)19-14-22(25(33)28-9-8-20-16-27-17-29-20)37-23(15-19)36-13-12-35-11-10-32/h3-7,14,16-17,19,23,32H,8-13,15H2,1-2H3,(H,27,29)(H,28,33)/t19-,23+/m0/s1. The van der Waals surface area contributed by atoms with Crippen molar-refractivity contribution in [1.82, 2.24) is 24.6 Å². The maximum atomic E-state index is 13.6. The summed E-state index contributed by atoms with van der Waals surface area (Å²) in [7, 11) is 1.84. The minimum Gasteiger partial charge on any atom is -0.459 e. The van der Waals surface area contributed by atoms with E-state index in [-0.39, 0.29) is 43.7 Å². The molecule has 11 nitrogen and oxygen atoms in total. The summed E-state index contributed by atoms with van der Waals surface area (Å²) in [5, 5.41) is 11.7. The molecule has 198 valence electrons. The molecule has 1 aliphatic heterocycles. The third kappa shape index (κ3) is 6.37. The van der Waals surface area contributed by atoms with Crippen molar-refractivity contribution >= 4 is 5.91 Å². The van der Waals surface area contributed by atoms with Crippen LogP contribution in [0.4, 0.5) is 0 Å². The molecular formula is C26H33N5O6. The van der Waals surface area contributed by atoms with Gasteiger partial charge < -0.3 is 29.6 Å². The molecule has 1 aromatic carbocycles. The fraction of sp³-hybridized carbons (Fsp3) is 0.423. The van der Waals surface area contributed by atoms with E-state index in [1.165, 1.54) is 0 Å². The lowest BCUT2D eigenvalue weighted by atomic mass is 9.93. The lowest BCUT2D eigenvalue weighted by Gasteiger charge is -2.29. The van der Waals surface area contributed by atoms with Crippen LogP contribution in [-0.2, 0) is 32.5 Å². The molecule has 4 rings (SSSR count). The fourth-order valence-corrected chi connectivity index (χ4v) is 4.36. The average Bonchev–Trinajstić information content (AvgIpc) is 3.50. The van der Waals surface area contributed by atoms with Crippen molar-refractivity contribution in [2.24, 2.45) is 7.05 Å². The molecule has 2 aromatic heterocycles. The summed E-state index contributed by atoms with van der Waals surface area (Å²) in [4.78, 5) is 33.6. The van der Waals surface area contributed by atoms with Gasteiger partial charge in [-0.05, 0) is 25.1 Å². The maximum absolute atomic E-state index is 13.6. The van der Waals surface area contributed by atoms with Gasteiger partial charge in [0, 0.05) is 55.5 Å². The number of aromatic amines is 1. The molecule has 0 bridgehead atoms. The van der Waals surface area contributed by atoms with Crippen molar-refractivity contribution in [2.45, 2.75) is 32.0 Å². The van der Waals surface area contributed by atoms with Crippen LogP contribution in [0.1, 0.15) is 29.3 Å². The monoisotopic (exact) mass is 511 g/mol. The zero-order valence-corrected chi connectivity index (χ0v) is 21.1. The summed E-state index contributed by atoms with van der Waals surface area (Å²) >= 11 is 0. The molecule has 1 aliphatic rings. The lowest BCUT2D eigenvalue weighted by Crippen LogP contribution is -2.35. The predicted octanol–water partition coefficient (Wildman–Crippen LogP) is 1.31. The number of nitrogens with one attached hydrogen (secondary N) is 2. The van der Waals surface area contributed by atoms with Crippen LogP contribution in [0.5, 0.6) is 0 Å². The van der Waals surface area contributed by atoms with Crippen molar-refractivity contribution in [2.75, 3.05) is 33.0 Å². The van der Waals surface area contributed by atoms with Gasteiger partial charge >= 0.3 is 0 Å². The third-order valence-corrected chi connectivity index (χ3v) is 6.25. The average molecular weight is 512 g/mol. The van der Waals surface area contributed by atoms with Crippen LogP contribution >= 0.6 is 0 Å². The van der Waals surface area contributed by atoms with Gasteiger partial charge in [-0.3, -0.25) is 14.3 Å². The minimum absolute atomic E-state index is 0.0748. The number of aliphatic hydroxyl groups is 1. The van der Waals surface area contributed by atoms with Gasteiger partial charge in [-0.25, -0.2) is 9.67 Å². The van der Waals surface area contributed by atoms with Gasteiger partial charge in [0.05, 0.1) is 38.4 Å². The van der Waals surface area contributed by atoms with E-state index >= 15 is 0 Å². The van der Waals surface area contributed by atoms with E-state index in [0.29, 0.717) is 24.9 Å². The number of nitrogens with zero attached hydrogens (tertiary/aromatic N) is 3. The third-order valence-electron chi connectivity index (χ3n) is 6.25. The molecule has 3 N–H and O–H groups in total. The van der Waals surface area contributed by atoms with Gasteiger partial charge in [0.25, 0.3) is 11.5 Å².